The molecule has 0 aliphatic carbocycles. The van der Waals surface area contributed by atoms with E-state index in [4.69, 9.17) is 4.74 Å². The summed E-state index contributed by atoms with van der Waals surface area (Å²) in [5, 5.41) is 0. The minimum atomic E-state index is -0.376. The van der Waals surface area contributed by atoms with Gasteiger partial charge in [-0.05, 0) is 19.3 Å². The van der Waals surface area contributed by atoms with Crippen molar-refractivity contribution in [1.82, 2.24) is 4.90 Å². The van der Waals surface area contributed by atoms with E-state index >= 15 is 0 Å². The Balaban J connectivity index is 2.43. The third-order valence-corrected chi connectivity index (χ3v) is 2.82. The fourth-order valence-electron chi connectivity index (χ4n) is 1.91. The van der Waals surface area contributed by atoms with Crippen LogP contribution in [-0.4, -0.2) is 49.7 Å². The van der Waals surface area contributed by atoms with Gasteiger partial charge in [0.2, 0.25) is 5.91 Å². The van der Waals surface area contributed by atoms with Gasteiger partial charge in [0.25, 0.3) is 0 Å². The molecule has 0 aromatic carbocycles. The van der Waals surface area contributed by atoms with Crippen molar-refractivity contribution in [3.63, 3.8) is 0 Å². The number of ether oxygens (including phenoxy) is 2. The van der Waals surface area contributed by atoms with Gasteiger partial charge in [-0.1, -0.05) is 6.92 Å². The van der Waals surface area contributed by atoms with Crippen molar-refractivity contribution in [2.75, 3.05) is 26.8 Å². The summed E-state index contributed by atoms with van der Waals surface area (Å²) < 4.78 is 10.0. The molecule has 17 heavy (non-hydrogen) atoms. The summed E-state index contributed by atoms with van der Waals surface area (Å²) in [7, 11) is 1.33. The van der Waals surface area contributed by atoms with Crippen LogP contribution in [0.25, 0.3) is 0 Å². The lowest BCUT2D eigenvalue weighted by atomic mass is 10.1. The Morgan fingerprint density at radius 3 is 2.76 bits per heavy atom. The Hall–Kier alpha value is -1.10. The second-order valence-electron chi connectivity index (χ2n) is 4.23. The van der Waals surface area contributed by atoms with Crippen molar-refractivity contribution in [2.45, 2.75) is 38.7 Å². The average molecular weight is 243 g/mol. The Kier molecular flexibility index (Phi) is 5.97. The topological polar surface area (TPSA) is 55.8 Å². The van der Waals surface area contributed by atoms with E-state index in [-0.39, 0.29) is 24.5 Å². The van der Waals surface area contributed by atoms with Crippen LogP contribution in [0.15, 0.2) is 0 Å². The summed E-state index contributed by atoms with van der Waals surface area (Å²) in [4.78, 5) is 24.7. The van der Waals surface area contributed by atoms with E-state index in [0.717, 1.165) is 25.9 Å². The number of hydrogen-bond acceptors (Lipinski definition) is 4. The number of nitrogens with zero attached hydrogens (tertiary/aromatic N) is 1. The first-order valence-electron chi connectivity index (χ1n) is 6.13. The van der Waals surface area contributed by atoms with Crippen LogP contribution in [0.2, 0.25) is 0 Å². The summed E-state index contributed by atoms with van der Waals surface area (Å²) >= 11 is 0. The molecule has 1 aliphatic rings. The molecule has 1 aliphatic heterocycles. The molecule has 98 valence electrons. The zero-order chi connectivity index (χ0) is 12.7. The van der Waals surface area contributed by atoms with Crippen LogP contribution in [0.4, 0.5) is 0 Å². The van der Waals surface area contributed by atoms with Crippen molar-refractivity contribution >= 4 is 11.9 Å². The lowest BCUT2D eigenvalue weighted by Gasteiger charge is -2.22. The number of hydrogen-bond donors (Lipinski definition) is 0. The van der Waals surface area contributed by atoms with Gasteiger partial charge in [-0.25, -0.2) is 0 Å². The number of esters is 1. The van der Waals surface area contributed by atoms with Crippen molar-refractivity contribution in [1.29, 1.82) is 0 Å². The lowest BCUT2D eigenvalue weighted by molar-refractivity contribution is -0.147. The van der Waals surface area contributed by atoms with E-state index in [9.17, 15) is 9.59 Å². The Morgan fingerprint density at radius 1 is 1.47 bits per heavy atom. The Bertz CT molecular complexity index is 261. The molecule has 1 saturated heterocycles. The van der Waals surface area contributed by atoms with Gasteiger partial charge in [-0.3, -0.25) is 9.59 Å². The summed E-state index contributed by atoms with van der Waals surface area (Å²) in [6.07, 6.45) is 3.18. The van der Waals surface area contributed by atoms with Crippen LogP contribution in [0, 0.1) is 0 Å². The molecule has 0 spiro atoms. The van der Waals surface area contributed by atoms with Crippen LogP contribution in [0.1, 0.15) is 32.6 Å². The van der Waals surface area contributed by atoms with E-state index in [1.807, 2.05) is 6.92 Å². The molecule has 0 bridgehead atoms. The van der Waals surface area contributed by atoms with Crippen molar-refractivity contribution < 1.29 is 19.1 Å². The Labute approximate surface area is 102 Å². The first-order chi connectivity index (χ1) is 8.17. The molecule has 0 N–H and O–H groups in total. The summed E-state index contributed by atoms with van der Waals surface area (Å²) in [5.41, 5.74) is 0. The van der Waals surface area contributed by atoms with Gasteiger partial charge in [0.15, 0.2) is 0 Å². The third kappa shape index (κ3) is 4.73. The summed E-state index contributed by atoms with van der Waals surface area (Å²) in [6.45, 7) is 3.34. The molecule has 1 atom stereocenters. The molecular weight excluding hydrogens is 222 g/mol. The molecule has 0 aromatic heterocycles. The van der Waals surface area contributed by atoms with E-state index in [2.05, 4.69) is 4.74 Å². The van der Waals surface area contributed by atoms with Crippen molar-refractivity contribution in [3.05, 3.63) is 0 Å². The predicted octanol–water partition coefficient (Wildman–Crippen LogP) is 0.967. The largest absolute Gasteiger partial charge is 0.468 e. The lowest BCUT2D eigenvalue weighted by Crippen LogP contribution is -2.38. The molecule has 5 nitrogen and oxygen atoms in total. The smallest absolute Gasteiger partial charge is 0.325 e. The van der Waals surface area contributed by atoms with Crippen molar-refractivity contribution in [3.8, 4) is 0 Å². The first kappa shape index (κ1) is 14.0. The normalized spacial score (nSPS) is 19.1. The van der Waals surface area contributed by atoms with Gasteiger partial charge in [-0.15, -0.1) is 0 Å². The Morgan fingerprint density at radius 2 is 2.24 bits per heavy atom. The highest BCUT2D eigenvalue weighted by atomic mass is 16.5. The highest BCUT2D eigenvalue weighted by Gasteiger charge is 2.23. The molecule has 1 rings (SSSR count). The molecule has 1 fully saturated rings. The molecule has 0 aromatic rings. The quantitative estimate of drug-likeness (QED) is 0.652. The molecule has 5 heteroatoms. The number of methoxy groups -OCH3 is 1. The fraction of sp³-hybridized carbons (Fsp3) is 0.833. The number of amides is 1. The van der Waals surface area contributed by atoms with E-state index < -0.39 is 0 Å². The van der Waals surface area contributed by atoms with Crippen LogP contribution >= 0.6 is 0 Å². The maximum absolute atomic E-state index is 12.0. The minimum absolute atomic E-state index is 0.0239. The average Bonchev–Trinajstić information content (AvgIpc) is 2.81. The monoisotopic (exact) mass is 243 g/mol. The van der Waals surface area contributed by atoms with Gasteiger partial charge in [0, 0.05) is 13.2 Å². The number of carbonyl (C=O) groups excluding carboxylic acids is 2. The first-order valence-corrected chi connectivity index (χ1v) is 6.13. The van der Waals surface area contributed by atoms with Crippen LogP contribution in [0.3, 0.4) is 0 Å². The van der Waals surface area contributed by atoms with Crippen LogP contribution in [-0.2, 0) is 19.1 Å². The molecular formula is C12H21NO4. The van der Waals surface area contributed by atoms with E-state index in [1.165, 1.54) is 7.11 Å². The highest BCUT2D eigenvalue weighted by molar-refractivity contribution is 5.82. The number of carbonyl (C=O) groups is 2. The van der Waals surface area contributed by atoms with Crippen molar-refractivity contribution in [2.24, 2.45) is 0 Å². The van der Waals surface area contributed by atoms with Gasteiger partial charge >= 0.3 is 5.97 Å². The summed E-state index contributed by atoms with van der Waals surface area (Å²) in [5.74, 6) is -0.400. The molecule has 1 amide bonds. The van der Waals surface area contributed by atoms with Gasteiger partial charge in [0.1, 0.15) is 6.54 Å². The van der Waals surface area contributed by atoms with Crippen LogP contribution < -0.4 is 0 Å². The molecule has 0 radical (unpaired) electrons. The standard InChI is InChI=1S/C12H21NO4/c1-3-6-13(9-12(15)16-2)11(14)8-10-5-4-7-17-10/h10H,3-9H2,1-2H3. The van der Waals surface area contributed by atoms with Gasteiger partial charge < -0.3 is 14.4 Å². The zero-order valence-corrected chi connectivity index (χ0v) is 10.6. The van der Waals surface area contributed by atoms with Gasteiger partial charge in [0.05, 0.1) is 19.6 Å². The van der Waals surface area contributed by atoms with Crippen LogP contribution in [0.5, 0.6) is 0 Å². The second-order valence-corrected chi connectivity index (χ2v) is 4.23. The minimum Gasteiger partial charge on any atom is -0.468 e. The second kappa shape index (κ2) is 7.27. The van der Waals surface area contributed by atoms with E-state index in [1.54, 1.807) is 4.90 Å². The fourth-order valence-corrected chi connectivity index (χ4v) is 1.91. The number of rotatable bonds is 6. The molecule has 0 saturated carbocycles. The maximum Gasteiger partial charge on any atom is 0.325 e. The SMILES string of the molecule is CCCN(CC(=O)OC)C(=O)CC1CCCO1. The molecule has 1 unspecified atom stereocenters. The summed E-state index contributed by atoms with van der Waals surface area (Å²) in [6, 6.07) is 0. The molecule has 1 heterocycles. The maximum atomic E-state index is 12.0. The highest BCUT2D eigenvalue weighted by Crippen LogP contribution is 2.16. The third-order valence-electron chi connectivity index (χ3n) is 2.82. The zero-order valence-electron chi connectivity index (χ0n) is 10.6. The van der Waals surface area contributed by atoms with Gasteiger partial charge in [-0.2, -0.15) is 0 Å². The predicted molar refractivity (Wildman–Crippen MR) is 62.5 cm³/mol. The van der Waals surface area contributed by atoms with E-state index in [0.29, 0.717) is 13.0 Å².